The molecule has 0 unspecified atom stereocenters. The predicted molar refractivity (Wildman–Crippen MR) is 81.4 cm³/mol. The Morgan fingerprint density at radius 3 is 2.25 bits per heavy atom. The molecule has 1 aromatic rings. The smallest absolute Gasteiger partial charge is 0.243 e. The molecular formula is C15H24N2O2S. The molecule has 0 atom stereocenters. The van der Waals surface area contributed by atoms with E-state index in [1.165, 1.54) is 0 Å². The van der Waals surface area contributed by atoms with Gasteiger partial charge in [-0.25, -0.2) is 8.42 Å². The van der Waals surface area contributed by atoms with Gasteiger partial charge >= 0.3 is 0 Å². The third kappa shape index (κ3) is 3.05. The first-order valence-corrected chi connectivity index (χ1v) is 8.50. The van der Waals surface area contributed by atoms with Crippen LogP contribution in [0.1, 0.15) is 24.0 Å². The molecule has 112 valence electrons. The van der Waals surface area contributed by atoms with Gasteiger partial charge in [-0.1, -0.05) is 17.7 Å². The summed E-state index contributed by atoms with van der Waals surface area (Å²) in [5.41, 5.74) is 1.92. The zero-order chi connectivity index (χ0) is 14.9. The quantitative estimate of drug-likeness (QED) is 0.857. The average Bonchev–Trinajstić information content (AvgIpc) is 2.38. The SMILES string of the molecule is Cc1ccc(S(=O)(=O)N2CCC(N(C)C)CC2)c(C)c1. The Bertz CT molecular complexity index is 574. The van der Waals surface area contributed by atoms with Crippen LogP contribution in [0.5, 0.6) is 0 Å². The van der Waals surface area contributed by atoms with Crippen LogP contribution < -0.4 is 0 Å². The maximum absolute atomic E-state index is 12.7. The van der Waals surface area contributed by atoms with Gasteiger partial charge in [0.15, 0.2) is 0 Å². The monoisotopic (exact) mass is 296 g/mol. The number of sulfonamides is 1. The molecule has 1 aliphatic heterocycles. The minimum absolute atomic E-state index is 0.450. The molecule has 0 saturated carbocycles. The van der Waals surface area contributed by atoms with Crippen LogP contribution in [0.2, 0.25) is 0 Å². The van der Waals surface area contributed by atoms with Crippen molar-refractivity contribution in [3.8, 4) is 0 Å². The third-order valence-electron chi connectivity index (χ3n) is 4.10. The van der Waals surface area contributed by atoms with Gasteiger partial charge in [0.05, 0.1) is 4.90 Å². The second kappa shape index (κ2) is 5.84. The number of hydrogen-bond donors (Lipinski definition) is 0. The van der Waals surface area contributed by atoms with Crippen molar-refractivity contribution >= 4 is 10.0 Å². The Morgan fingerprint density at radius 2 is 1.75 bits per heavy atom. The lowest BCUT2D eigenvalue weighted by atomic mass is 10.1. The molecule has 0 radical (unpaired) electrons. The minimum Gasteiger partial charge on any atom is -0.306 e. The molecule has 20 heavy (non-hydrogen) atoms. The van der Waals surface area contributed by atoms with E-state index in [0.717, 1.165) is 24.0 Å². The molecular weight excluding hydrogens is 272 g/mol. The molecule has 0 amide bonds. The van der Waals surface area contributed by atoms with Gasteiger partial charge in [0.1, 0.15) is 0 Å². The van der Waals surface area contributed by atoms with Gasteiger partial charge in [-0.2, -0.15) is 4.31 Å². The first kappa shape index (κ1) is 15.5. The highest BCUT2D eigenvalue weighted by atomic mass is 32.2. The van der Waals surface area contributed by atoms with E-state index in [4.69, 9.17) is 0 Å². The fourth-order valence-electron chi connectivity index (χ4n) is 2.83. The average molecular weight is 296 g/mol. The van der Waals surface area contributed by atoms with Crippen LogP contribution in [0.3, 0.4) is 0 Å². The lowest BCUT2D eigenvalue weighted by Crippen LogP contribution is -2.44. The molecule has 4 nitrogen and oxygen atoms in total. The summed E-state index contributed by atoms with van der Waals surface area (Å²) in [7, 11) is 0.765. The van der Waals surface area contributed by atoms with Crippen molar-refractivity contribution in [2.24, 2.45) is 0 Å². The Balaban J connectivity index is 2.20. The summed E-state index contributed by atoms with van der Waals surface area (Å²) in [5.74, 6) is 0. The molecule has 0 aliphatic carbocycles. The number of piperidine rings is 1. The van der Waals surface area contributed by atoms with E-state index in [2.05, 4.69) is 19.0 Å². The molecule has 0 aromatic heterocycles. The summed E-state index contributed by atoms with van der Waals surface area (Å²) < 4.78 is 27.0. The van der Waals surface area contributed by atoms with Crippen molar-refractivity contribution in [3.63, 3.8) is 0 Å². The van der Waals surface area contributed by atoms with Gasteiger partial charge in [0.2, 0.25) is 10.0 Å². The van der Waals surface area contributed by atoms with Gasteiger partial charge in [-0.05, 0) is 52.4 Å². The van der Waals surface area contributed by atoms with Gasteiger partial charge in [-0.3, -0.25) is 0 Å². The first-order chi connectivity index (χ1) is 9.32. The molecule has 1 aliphatic rings. The Hall–Kier alpha value is -0.910. The van der Waals surface area contributed by atoms with Crippen LogP contribution in [-0.2, 0) is 10.0 Å². The summed E-state index contributed by atoms with van der Waals surface area (Å²) in [5, 5.41) is 0. The van der Waals surface area contributed by atoms with Gasteiger partial charge in [0, 0.05) is 19.1 Å². The highest BCUT2D eigenvalue weighted by Gasteiger charge is 2.30. The molecule has 1 fully saturated rings. The van der Waals surface area contributed by atoms with Crippen molar-refractivity contribution in [1.82, 2.24) is 9.21 Å². The van der Waals surface area contributed by atoms with Gasteiger partial charge < -0.3 is 4.90 Å². The lowest BCUT2D eigenvalue weighted by molar-refractivity contribution is 0.196. The summed E-state index contributed by atoms with van der Waals surface area (Å²) >= 11 is 0. The summed E-state index contributed by atoms with van der Waals surface area (Å²) in [6.07, 6.45) is 1.80. The fraction of sp³-hybridized carbons (Fsp3) is 0.600. The standard InChI is InChI=1S/C15H24N2O2S/c1-12-5-6-15(13(2)11-12)20(18,19)17-9-7-14(8-10-17)16(3)4/h5-6,11,14H,7-10H2,1-4H3. The molecule has 0 N–H and O–H groups in total. The molecule has 5 heteroatoms. The van der Waals surface area contributed by atoms with Crippen molar-refractivity contribution in [1.29, 1.82) is 0 Å². The zero-order valence-corrected chi connectivity index (χ0v) is 13.6. The van der Waals surface area contributed by atoms with E-state index in [-0.39, 0.29) is 0 Å². The maximum Gasteiger partial charge on any atom is 0.243 e. The van der Waals surface area contributed by atoms with Crippen molar-refractivity contribution in [3.05, 3.63) is 29.3 Å². The molecule has 0 spiro atoms. The number of benzene rings is 1. The molecule has 1 saturated heterocycles. The minimum atomic E-state index is -3.34. The Morgan fingerprint density at radius 1 is 1.15 bits per heavy atom. The highest BCUT2D eigenvalue weighted by Crippen LogP contribution is 2.25. The van der Waals surface area contributed by atoms with E-state index in [0.29, 0.717) is 24.0 Å². The van der Waals surface area contributed by atoms with Crippen LogP contribution in [0, 0.1) is 13.8 Å². The summed E-state index contributed by atoms with van der Waals surface area (Å²) in [6.45, 7) is 5.06. The van der Waals surface area contributed by atoms with Crippen LogP contribution in [0.25, 0.3) is 0 Å². The first-order valence-electron chi connectivity index (χ1n) is 7.06. The topological polar surface area (TPSA) is 40.6 Å². The van der Waals surface area contributed by atoms with E-state index >= 15 is 0 Å². The van der Waals surface area contributed by atoms with Crippen molar-refractivity contribution < 1.29 is 8.42 Å². The number of hydrogen-bond acceptors (Lipinski definition) is 3. The van der Waals surface area contributed by atoms with Crippen LogP contribution >= 0.6 is 0 Å². The summed E-state index contributed by atoms with van der Waals surface area (Å²) in [6, 6.07) is 6.02. The second-order valence-electron chi connectivity index (χ2n) is 5.87. The fourth-order valence-corrected chi connectivity index (χ4v) is 4.50. The molecule has 1 aromatic carbocycles. The Kier molecular flexibility index (Phi) is 4.52. The largest absolute Gasteiger partial charge is 0.306 e. The second-order valence-corrected chi connectivity index (χ2v) is 7.77. The van der Waals surface area contributed by atoms with Crippen molar-refractivity contribution in [2.75, 3.05) is 27.2 Å². The molecule has 2 rings (SSSR count). The van der Waals surface area contributed by atoms with Gasteiger partial charge in [0.25, 0.3) is 0 Å². The van der Waals surface area contributed by atoms with E-state index in [1.54, 1.807) is 10.4 Å². The molecule has 0 bridgehead atoms. The normalized spacial score (nSPS) is 18.6. The molecule has 1 heterocycles. The van der Waals surface area contributed by atoms with Crippen molar-refractivity contribution in [2.45, 2.75) is 37.6 Å². The summed E-state index contributed by atoms with van der Waals surface area (Å²) in [4.78, 5) is 2.63. The van der Waals surface area contributed by atoms with E-state index in [9.17, 15) is 8.42 Å². The number of aryl methyl sites for hydroxylation is 2. The van der Waals surface area contributed by atoms with Gasteiger partial charge in [-0.15, -0.1) is 0 Å². The number of nitrogens with zero attached hydrogens (tertiary/aromatic N) is 2. The lowest BCUT2D eigenvalue weighted by Gasteiger charge is -2.34. The third-order valence-corrected chi connectivity index (χ3v) is 6.16. The predicted octanol–water partition coefficient (Wildman–Crippen LogP) is 2.02. The number of rotatable bonds is 3. The maximum atomic E-state index is 12.7. The van der Waals surface area contributed by atoms with E-state index < -0.39 is 10.0 Å². The van der Waals surface area contributed by atoms with Crippen LogP contribution in [-0.4, -0.2) is 50.8 Å². The van der Waals surface area contributed by atoms with Crippen LogP contribution in [0.4, 0.5) is 0 Å². The van der Waals surface area contributed by atoms with E-state index in [1.807, 2.05) is 26.0 Å². The Labute approximate surface area is 122 Å². The highest BCUT2D eigenvalue weighted by molar-refractivity contribution is 7.89. The van der Waals surface area contributed by atoms with Crippen LogP contribution in [0.15, 0.2) is 23.1 Å². The zero-order valence-electron chi connectivity index (χ0n) is 12.8.